The Hall–Kier alpha value is -3.15. The number of nitro benzene ring substituents is 1. The fourth-order valence-electron chi connectivity index (χ4n) is 2.13. The number of nitrogen functional groups attached to an aromatic ring is 1. The highest BCUT2D eigenvalue weighted by atomic mass is 16.6. The normalized spacial score (nSPS) is 10.5. The van der Waals surface area contributed by atoms with Crippen molar-refractivity contribution >= 4 is 33.7 Å². The molecule has 21 heavy (non-hydrogen) atoms. The first-order chi connectivity index (χ1) is 10.1. The van der Waals surface area contributed by atoms with E-state index >= 15 is 0 Å². The summed E-state index contributed by atoms with van der Waals surface area (Å²) in [5.74, 6) is 0. The molecule has 0 fully saturated rings. The summed E-state index contributed by atoms with van der Waals surface area (Å²) in [5.41, 5.74) is 8.50. The lowest BCUT2D eigenvalue weighted by molar-refractivity contribution is -0.384. The molecule has 0 amide bonds. The molecule has 3 rings (SSSR count). The van der Waals surface area contributed by atoms with Crippen LogP contribution in [0.3, 0.4) is 0 Å². The van der Waals surface area contributed by atoms with Crippen molar-refractivity contribution in [1.29, 1.82) is 0 Å². The van der Waals surface area contributed by atoms with Gasteiger partial charge in [-0.15, -0.1) is 0 Å². The molecule has 0 aliphatic heterocycles. The van der Waals surface area contributed by atoms with Gasteiger partial charge >= 0.3 is 0 Å². The van der Waals surface area contributed by atoms with E-state index in [1.165, 1.54) is 12.1 Å². The highest BCUT2D eigenvalue weighted by molar-refractivity contribution is 5.94. The molecule has 0 aliphatic rings. The Labute approximate surface area is 120 Å². The quantitative estimate of drug-likeness (QED) is 0.435. The van der Waals surface area contributed by atoms with Crippen molar-refractivity contribution in [3.05, 3.63) is 64.8 Å². The van der Waals surface area contributed by atoms with E-state index in [9.17, 15) is 10.1 Å². The predicted molar refractivity (Wildman–Crippen MR) is 82.5 cm³/mol. The Balaban J connectivity index is 2.01. The zero-order chi connectivity index (χ0) is 14.8. The molecule has 104 valence electrons. The smallest absolute Gasteiger partial charge is 0.271 e. The number of nitrogens with zero attached hydrogens (tertiary/aromatic N) is 2. The van der Waals surface area contributed by atoms with Crippen molar-refractivity contribution in [3.8, 4) is 0 Å². The third-order valence-corrected chi connectivity index (χ3v) is 3.16. The van der Waals surface area contributed by atoms with Crippen molar-refractivity contribution < 1.29 is 4.92 Å². The van der Waals surface area contributed by atoms with Gasteiger partial charge in [-0.2, -0.15) is 0 Å². The summed E-state index contributed by atoms with van der Waals surface area (Å²) in [6, 6.07) is 13.9. The maximum Gasteiger partial charge on any atom is 0.271 e. The average molecular weight is 280 g/mol. The molecule has 0 bridgehead atoms. The summed E-state index contributed by atoms with van der Waals surface area (Å²) in [6.07, 6.45) is 1.73. The molecule has 0 spiro atoms. The predicted octanol–water partition coefficient (Wildman–Crippen LogP) is 3.47. The lowest BCUT2D eigenvalue weighted by Gasteiger charge is -2.11. The number of pyridine rings is 1. The number of rotatable bonds is 3. The highest BCUT2D eigenvalue weighted by Crippen LogP contribution is 2.30. The standard InChI is InChI=1S/C15H12N4O2/c16-12-9-10(19(20)21)6-7-15(12)18-14-5-1-4-13-11(14)3-2-8-17-13/h1-9,18H,16H2. The number of nitrogens with one attached hydrogen (secondary N) is 1. The fraction of sp³-hybridized carbons (Fsp3) is 0. The van der Waals surface area contributed by atoms with Crippen LogP contribution in [0.2, 0.25) is 0 Å². The molecular weight excluding hydrogens is 268 g/mol. The number of anilines is 3. The van der Waals surface area contributed by atoms with Gasteiger partial charge in [0.05, 0.1) is 21.8 Å². The number of hydrogen-bond acceptors (Lipinski definition) is 5. The monoisotopic (exact) mass is 280 g/mol. The van der Waals surface area contributed by atoms with Gasteiger partial charge in [0, 0.05) is 29.4 Å². The topological polar surface area (TPSA) is 94.1 Å². The van der Waals surface area contributed by atoms with Gasteiger partial charge in [-0.05, 0) is 30.3 Å². The minimum atomic E-state index is -0.470. The van der Waals surface area contributed by atoms with Crippen LogP contribution in [0.25, 0.3) is 10.9 Å². The van der Waals surface area contributed by atoms with Crippen molar-refractivity contribution in [1.82, 2.24) is 4.98 Å². The van der Waals surface area contributed by atoms with Crippen LogP contribution in [-0.4, -0.2) is 9.91 Å². The molecule has 0 saturated carbocycles. The second kappa shape index (κ2) is 5.09. The lowest BCUT2D eigenvalue weighted by Crippen LogP contribution is -1.98. The molecule has 0 saturated heterocycles. The molecule has 6 heteroatoms. The Bertz CT molecular complexity index is 828. The van der Waals surface area contributed by atoms with Crippen molar-refractivity contribution in [2.75, 3.05) is 11.1 Å². The zero-order valence-electron chi connectivity index (χ0n) is 11.0. The van der Waals surface area contributed by atoms with Crippen molar-refractivity contribution in [2.45, 2.75) is 0 Å². The molecule has 1 aromatic heterocycles. The van der Waals surface area contributed by atoms with E-state index in [0.29, 0.717) is 11.4 Å². The second-order valence-electron chi connectivity index (χ2n) is 4.53. The number of aromatic nitrogens is 1. The molecule has 3 aromatic rings. The van der Waals surface area contributed by atoms with E-state index < -0.39 is 4.92 Å². The molecule has 1 heterocycles. The van der Waals surface area contributed by atoms with Crippen LogP contribution in [0.5, 0.6) is 0 Å². The molecule has 2 aromatic carbocycles. The Morgan fingerprint density at radius 3 is 2.71 bits per heavy atom. The summed E-state index contributed by atoms with van der Waals surface area (Å²) >= 11 is 0. The van der Waals surface area contributed by atoms with Gasteiger partial charge in [0.25, 0.3) is 5.69 Å². The average Bonchev–Trinajstić information content (AvgIpc) is 2.49. The number of benzene rings is 2. The Morgan fingerprint density at radius 2 is 1.95 bits per heavy atom. The molecule has 6 nitrogen and oxygen atoms in total. The van der Waals surface area contributed by atoms with Gasteiger partial charge < -0.3 is 11.1 Å². The van der Waals surface area contributed by atoms with Gasteiger partial charge in [0.1, 0.15) is 0 Å². The number of nitro groups is 1. The maximum absolute atomic E-state index is 10.7. The van der Waals surface area contributed by atoms with Crippen LogP contribution in [0, 0.1) is 10.1 Å². The molecule has 0 unspecified atom stereocenters. The summed E-state index contributed by atoms with van der Waals surface area (Å²) in [7, 11) is 0. The van der Waals surface area contributed by atoms with Crippen molar-refractivity contribution in [2.24, 2.45) is 0 Å². The lowest BCUT2D eigenvalue weighted by atomic mass is 10.1. The van der Waals surface area contributed by atoms with E-state index in [4.69, 9.17) is 5.73 Å². The maximum atomic E-state index is 10.7. The van der Waals surface area contributed by atoms with Crippen molar-refractivity contribution in [3.63, 3.8) is 0 Å². The van der Waals surface area contributed by atoms with Gasteiger partial charge in [-0.1, -0.05) is 6.07 Å². The molecule has 0 atom stereocenters. The number of hydrogen-bond donors (Lipinski definition) is 2. The molecule has 0 radical (unpaired) electrons. The van der Waals surface area contributed by atoms with Crippen LogP contribution < -0.4 is 11.1 Å². The SMILES string of the molecule is Nc1cc([N+](=O)[O-])ccc1Nc1cccc2ncccc12. The van der Waals surface area contributed by atoms with Crippen LogP contribution in [0.1, 0.15) is 0 Å². The van der Waals surface area contributed by atoms with Gasteiger partial charge in [-0.3, -0.25) is 15.1 Å². The summed E-state index contributed by atoms with van der Waals surface area (Å²) in [4.78, 5) is 14.5. The van der Waals surface area contributed by atoms with Crippen LogP contribution in [0.15, 0.2) is 54.7 Å². The summed E-state index contributed by atoms with van der Waals surface area (Å²) in [6.45, 7) is 0. The van der Waals surface area contributed by atoms with Gasteiger partial charge in [0.15, 0.2) is 0 Å². The van der Waals surface area contributed by atoms with Crippen LogP contribution in [0.4, 0.5) is 22.7 Å². The largest absolute Gasteiger partial charge is 0.397 e. The minimum Gasteiger partial charge on any atom is -0.397 e. The first kappa shape index (κ1) is 12.9. The van der Waals surface area contributed by atoms with E-state index in [2.05, 4.69) is 10.3 Å². The Morgan fingerprint density at radius 1 is 1.10 bits per heavy atom. The summed E-state index contributed by atoms with van der Waals surface area (Å²) in [5, 5.41) is 14.9. The first-order valence-electron chi connectivity index (χ1n) is 6.30. The molecule has 0 aliphatic carbocycles. The Kier molecular flexibility index (Phi) is 3.12. The zero-order valence-corrected chi connectivity index (χ0v) is 11.0. The first-order valence-corrected chi connectivity index (χ1v) is 6.30. The van der Waals surface area contributed by atoms with E-state index in [1.807, 2.05) is 30.3 Å². The number of fused-ring (bicyclic) bond motifs is 1. The third kappa shape index (κ3) is 2.46. The number of nitrogens with two attached hydrogens (primary N) is 1. The van der Waals surface area contributed by atoms with Gasteiger partial charge in [-0.25, -0.2) is 0 Å². The molecular formula is C15H12N4O2. The van der Waals surface area contributed by atoms with E-state index in [0.717, 1.165) is 16.6 Å². The number of non-ortho nitro benzene ring substituents is 1. The molecule has 3 N–H and O–H groups in total. The van der Waals surface area contributed by atoms with Gasteiger partial charge in [0.2, 0.25) is 0 Å². The highest BCUT2D eigenvalue weighted by Gasteiger charge is 2.09. The minimum absolute atomic E-state index is 0.0300. The van der Waals surface area contributed by atoms with Crippen LogP contribution >= 0.6 is 0 Å². The van der Waals surface area contributed by atoms with E-state index in [1.54, 1.807) is 12.3 Å². The fourth-order valence-corrected chi connectivity index (χ4v) is 2.13. The summed E-state index contributed by atoms with van der Waals surface area (Å²) < 4.78 is 0. The van der Waals surface area contributed by atoms with E-state index in [-0.39, 0.29) is 5.69 Å². The van der Waals surface area contributed by atoms with Crippen LogP contribution in [-0.2, 0) is 0 Å². The second-order valence-corrected chi connectivity index (χ2v) is 4.53. The third-order valence-electron chi connectivity index (χ3n) is 3.16.